The molecule has 0 spiro atoms. The second kappa shape index (κ2) is 4.45. The van der Waals surface area contributed by atoms with Gasteiger partial charge in [-0.15, -0.1) is 0 Å². The molecule has 70 valence electrons. The average Bonchev–Trinajstić information content (AvgIpc) is 2.09. The number of aliphatic hydroxyl groups excluding tert-OH is 1. The van der Waals surface area contributed by atoms with Gasteiger partial charge in [0.25, 0.3) is 0 Å². The summed E-state index contributed by atoms with van der Waals surface area (Å²) in [6.07, 6.45) is 3.91. The Balaban J connectivity index is 2.26. The molecule has 2 N–H and O–H groups in total. The van der Waals surface area contributed by atoms with Crippen LogP contribution in [0.4, 0.5) is 0 Å². The molecule has 0 amide bonds. The quantitative estimate of drug-likeness (QED) is 0.454. The molecule has 0 heterocycles. The van der Waals surface area contributed by atoms with Crippen molar-refractivity contribution in [3.8, 4) is 0 Å². The van der Waals surface area contributed by atoms with Crippen LogP contribution in [0.25, 0.3) is 0 Å². The number of amidine groups is 1. The molecule has 3 nitrogen and oxygen atoms in total. The first-order valence-electron chi connectivity index (χ1n) is 4.60. The van der Waals surface area contributed by atoms with E-state index in [1.807, 2.05) is 6.92 Å². The zero-order valence-electron chi connectivity index (χ0n) is 7.88. The Morgan fingerprint density at radius 1 is 1.33 bits per heavy atom. The number of rotatable bonds is 1. The van der Waals surface area contributed by atoms with Crippen molar-refractivity contribution < 1.29 is 5.11 Å². The van der Waals surface area contributed by atoms with E-state index < -0.39 is 0 Å². The highest BCUT2D eigenvalue weighted by Gasteiger charge is 2.18. The molecular weight excluding hydrogens is 152 g/mol. The molecule has 0 aromatic heterocycles. The predicted octanol–water partition coefficient (Wildman–Crippen LogP) is 0.928. The van der Waals surface area contributed by atoms with Crippen molar-refractivity contribution in [3.05, 3.63) is 0 Å². The van der Waals surface area contributed by atoms with Crippen molar-refractivity contribution in [2.45, 2.75) is 44.8 Å². The molecule has 1 saturated carbocycles. The number of nitrogens with zero attached hydrogens (tertiary/aromatic N) is 1. The van der Waals surface area contributed by atoms with E-state index >= 15 is 0 Å². The first kappa shape index (κ1) is 9.52. The molecule has 0 radical (unpaired) electrons. The van der Waals surface area contributed by atoms with Crippen LogP contribution in [0, 0.1) is 0 Å². The number of aliphatic hydroxyl groups is 1. The van der Waals surface area contributed by atoms with Gasteiger partial charge in [0.05, 0.1) is 11.9 Å². The molecule has 1 rings (SSSR count). The SMILES string of the molecule is CN=C(C)NC1CCC(O)CC1. The highest BCUT2D eigenvalue weighted by molar-refractivity contribution is 5.79. The van der Waals surface area contributed by atoms with Crippen LogP contribution in [0.2, 0.25) is 0 Å². The van der Waals surface area contributed by atoms with Gasteiger partial charge in [-0.25, -0.2) is 0 Å². The van der Waals surface area contributed by atoms with E-state index in [2.05, 4.69) is 10.3 Å². The molecule has 1 aliphatic carbocycles. The average molecular weight is 170 g/mol. The number of aliphatic imine (C=N–C) groups is 1. The van der Waals surface area contributed by atoms with E-state index in [4.69, 9.17) is 0 Å². The molecule has 0 saturated heterocycles. The highest BCUT2D eigenvalue weighted by Crippen LogP contribution is 2.17. The first-order chi connectivity index (χ1) is 5.72. The van der Waals surface area contributed by atoms with Crippen LogP contribution in [0.15, 0.2) is 4.99 Å². The first-order valence-corrected chi connectivity index (χ1v) is 4.60. The second-order valence-corrected chi connectivity index (χ2v) is 3.46. The van der Waals surface area contributed by atoms with Gasteiger partial charge in [-0.1, -0.05) is 0 Å². The highest BCUT2D eigenvalue weighted by atomic mass is 16.3. The summed E-state index contributed by atoms with van der Waals surface area (Å²) in [4.78, 5) is 4.04. The molecular formula is C9H18N2O. The molecule has 0 aromatic carbocycles. The Bertz CT molecular complexity index is 160. The molecule has 1 fully saturated rings. The lowest BCUT2D eigenvalue weighted by Gasteiger charge is -2.26. The molecule has 0 atom stereocenters. The van der Waals surface area contributed by atoms with Gasteiger partial charge in [-0.2, -0.15) is 0 Å². The van der Waals surface area contributed by atoms with Crippen molar-refractivity contribution in [3.63, 3.8) is 0 Å². The van der Waals surface area contributed by atoms with E-state index in [9.17, 15) is 5.11 Å². The van der Waals surface area contributed by atoms with Gasteiger partial charge >= 0.3 is 0 Å². The normalized spacial score (nSPS) is 31.8. The standard InChI is InChI=1S/C9H18N2O/c1-7(10-2)11-8-3-5-9(12)6-4-8/h8-9,12H,3-6H2,1-2H3,(H,10,11). The zero-order chi connectivity index (χ0) is 8.97. The van der Waals surface area contributed by atoms with E-state index in [1.165, 1.54) is 0 Å². The summed E-state index contributed by atoms with van der Waals surface area (Å²) in [5.74, 6) is 0.997. The van der Waals surface area contributed by atoms with Crippen molar-refractivity contribution in [1.29, 1.82) is 0 Å². The molecule has 0 aliphatic heterocycles. The minimum atomic E-state index is -0.0677. The maximum atomic E-state index is 9.26. The Labute approximate surface area is 73.9 Å². The molecule has 12 heavy (non-hydrogen) atoms. The second-order valence-electron chi connectivity index (χ2n) is 3.46. The Morgan fingerprint density at radius 3 is 2.42 bits per heavy atom. The number of hydrogen-bond donors (Lipinski definition) is 2. The van der Waals surface area contributed by atoms with Crippen LogP contribution in [-0.4, -0.2) is 30.1 Å². The van der Waals surface area contributed by atoms with E-state index in [0.29, 0.717) is 6.04 Å². The topological polar surface area (TPSA) is 44.6 Å². The molecule has 0 unspecified atom stereocenters. The summed E-state index contributed by atoms with van der Waals surface area (Å²) in [6, 6.07) is 0.525. The fourth-order valence-corrected chi connectivity index (χ4v) is 1.58. The largest absolute Gasteiger partial charge is 0.393 e. The smallest absolute Gasteiger partial charge is 0.0930 e. The van der Waals surface area contributed by atoms with Crippen LogP contribution in [0.5, 0.6) is 0 Å². The van der Waals surface area contributed by atoms with Crippen LogP contribution in [0.1, 0.15) is 32.6 Å². The summed E-state index contributed by atoms with van der Waals surface area (Å²) in [5, 5.41) is 12.6. The summed E-state index contributed by atoms with van der Waals surface area (Å²) < 4.78 is 0. The van der Waals surface area contributed by atoms with E-state index in [-0.39, 0.29) is 6.10 Å². The number of hydrogen-bond acceptors (Lipinski definition) is 2. The monoisotopic (exact) mass is 170 g/mol. The third kappa shape index (κ3) is 2.81. The lowest BCUT2D eigenvalue weighted by atomic mass is 9.93. The fourth-order valence-electron chi connectivity index (χ4n) is 1.58. The van der Waals surface area contributed by atoms with Gasteiger partial charge in [0, 0.05) is 13.1 Å². The van der Waals surface area contributed by atoms with Crippen molar-refractivity contribution in [2.75, 3.05) is 7.05 Å². The van der Waals surface area contributed by atoms with E-state index in [0.717, 1.165) is 31.5 Å². The zero-order valence-corrected chi connectivity index (χ0v) is 7.88. The Kier molecular flexibility index (Phi) is 3.53. The van der Waals surface area contributed by atoms with Crippen LogP contribution in [-0.2, 0) is 0 Å². The molecule has 0 bridgehead atoms. The molecule has 0 aromatic rings. The number of nitrogens with one attached hydrogen (secondary N) is 1. The summed E-state index contributed by atoms with van der Waals surface area (Å²) in [7, 11) is 1.79. The Morgan fingerprint density at radius 2 is 1.92 bits per heavy atom. The summed E-state index contributed by atoms with van der Waals surface area (Å²) >= 11 is 0. The Hall–Kier alpha value is -0.570. The van der Waals surface area contributed by atoms with Gasteiger partial charge in [0.1, 0.15) is 0 Å². The third-order valence-electron chi connectivity index (χ3n) is 2.45. The van der Waals surface area contributed by atoms with Crippen LogP contribution >= 0.6 is 0 Å². The van der Waals surface area contributed by atoms with Gasteiger partial charge < -0.3 is 10.4 Å². The maximum Gasteiger partial charge on any atom is 0.0930 e. The van der Waals surface area contributed by atoms with Crippen molar-refractivity contribution in [2.24, 2.45) is 4.99 Å². The van der Waals surface area contributed by atoms with Crippen LogP contribution in [0.3, 0.4) is 0 Å². The summed E-state index contributed by atoms with van der Waals surface area (Å²) in [5.41, 5.74) is 0. The van der Waals surface area contributed by atoms with Gasteiger partial charge in [0.15, 0.2) is 0 Å². The predicted molar refractivity (Wildman–Crippen MR) is 50.4 cm³/mol. The summed E-state index contributed by atoms with van der Waals surface area (Å²) in [6.45, 7) is 1.98. The molecule has 1 aliphatic rings. The third-order valence-corrected chi connectivity index (χ3v) is 2.45. The van der Waals surface area contributed by atoms with Gasteiger partial charge in [-0.3, -0.25) is 4.99 Å². The van der Waals surface area contributed by atoms with Crippen LogP contribution < -0.4 is 5.32 Å². The maximum absolute atomic E-state index is 9.26. The minimum absolute atomic E-state index is 0.0677. The fraction of sp³-hybridized carbons (Fsp3) is 0.889. The van der Waals surface area contributed by atoms with Gasteiger partial charge in [0.2, 0.25) is 0 Å². The van der Waals surface area contributed by atoms with Crippen molar-refractivity contribution in [1.82, 2.24) is 5.32 Å². The van der Waals surface area contributed by atoms with Gasteiger partial charge in [-0.05, 0) is 32.6 Å². The lowest BCUT2D eigenvalue weighted by Crippen LogP contribution is -2.37. The van der Waals surface area contributed by atoms with E-state index in [1.54, 1.807) is 7.05 Å². The molecule has 3 heteroatoms. The van der Waals surface area contributed by atoms with Crippen molar-refractivity contribution >= 4 is 5.84 Å². The minimum Gasteiger partial charge on any atom is -0.393 e. The lowest BCUT2D eigenvalue weighted by molar-refractivity contribution is 0.120.